The third-order valence-electron chi connectivity index (χ3n) is 4.64. The van der Waals surface area contributed by atoms with Crippen molar-refractivity contribution >= 4 is 22.6 Å². The summed E-state index contributed by atoms with van der Waals surface area (Å²) < 4.78 is 0. The third kappa shape index (κ3) is 2.73. The number of fused-ring (bicyclic) bond motifs is 1. The number of anilines is 1. The molecule has 0 aliphatic carbocycles. The van der Waals surface area contributed by atoms with E-state index in [1.54, 1.807) is 18.2 Å². The van der Waals surface area contributed by atoms with Crippen LogP contribution in [0.15, 0.2) is 42.5 Å². The maximum atomic E-state index is 11.9. The Kier molecular flexibility index (Phi) is 3.95. The number of phenols is 1. The summed E-state index contributed by atoms with van der Waals surface area (Å²) in [7, 11) is 0. The van der Waals surface area contributed by atoms with Gasteiger partial charge in [-0.05, 0) is 49.6 Å². The molecule has 0 bridgehead atoms. The lowest BCUT2D eigenvalue weighted by atomic mass is 10.1. The number of benzene rings is 2. The van der Waals surface area contributed by atoms with E-state index in [1.807, 2.05) is 42.5 Å². The Morgan fingerprint density at radius 3 is 2.81 bits per heavy atom. The number of aromatic hydroxyl groups is 1. The van der Waals surface area contributed by atoms with Gasteiger partial charge in [0, 0.05) is 11.9 Å². The molecule has 3 aromatic rings. The highest BCUT2D eigenvalue weighted by molar-refractivity contribution is 5.95. The van der Waals surface area contributed by atoms with Gasteiger partial charge in [-0.25, -0.2) is 9.97 Å². The van der Waals surface area contributed by atoms with E-state index in [1.165, 1.54) is 0 Å². The largest absolute Gasteiger partial charge is 0.507 e. The van der Waals surface area contributed by atoms with E-state index in [4.69, 9.17) is 10.7 Å². The summed E-state index contributed by atoms with van der Waals surface area (Å²) in [5.74, 6) is 0.799. The van der Waals surface area contributed by atoms with Gasteiger partial charge in [-0.1, -0.05) is 18.2 Å². The number of aromatic nitrogens is 2. The van der Waals surface area contributed by atoms with Crippen LogP contribution in [0.25, 0.3) is 22.3 Å². The molecule has 1 aromatic heterocycles. The van der Waals surface area contributed by atoms with Gasteiger partial charge in [0.25, 0.3) is 0 Å². The summed E-state index contributed by atoms with van der Waals surface area (Å²) in [4.78, 5) is 23.1. The lowest BCUT2D eigenvalue weighted by molar-refractivity contribution is -0.118. The van der Waals surface area contributed by atoms with Crippen molar-refractivity contribution < 1.29 is 9.90 Å². The number of phenolic OH excluding ortho intramolecular Hbond substituents is 1. The van der Waals surface area contributed by atoms with Crippen LogP contribution in [0, 0.1) is 13.3 Å². The van der Waals surface area contributed by atoms with Gasteiger partial charge in [0.2, 0.25) is 5.91 Å². The Labute approximate surface area is 151 Å². The highest BCUT2D eigenvalue weighted by Gasteiger charge is 2.32. The second kappa shape index (κ2) is 6.29. The van der Waals surface area contributed by atoms with Crippen LogP contribution in [0.5, 0.6) is 5.75 Å². The molecule has 1 aliphatic heterocycles. The molecule has 0 spiro atoms. The van der Waals surface area contributed by atoms with E-state index in [9.17, 15) is 9.90 Å². The van der Waals surface area contributed by atoms with Gasteiger partial charge in [0.05, 0.1) is 11.1 Å². The number of carbonyl (C=O) groups excluding carboxylic acids is 1. The molecule has 2 aromatic carbocycles. The van der Waals surface area contributed by atoms with Crippen LogP contribution in [-0.4, -0.2) is 33.6 Å². The van der Waals surface area contributed by atoms with E-state index in [0.717, 1.165) is 22.9 Å². The molecule has 4 rings (SSSR count). The zero-order valence-corrected chi connectivity index (χ0v) is 14.4. The van der Waals surface area contributed by atoms with Crippen molar-refractivity contribution in [2.24, 2.45) is 5.73 Å². The van der Waals surface area contributed by atoms with Crippen molar-refractivity contribution in [1.29, 1.82) is 0 Å². The highest BCUT2D eigenvalue weighted by Crippen LogP contribution is 2.34. The van der Waals surface area contributed by atoms with Gasteiger partial charge in [0.15, 0.2) is 5.82 Å². The predicted molar refractivity (Wildman–Crippen MR) is 101 cm³/mol. The molecule has 3 N–H and O–H groups in total. The summed E-state index contributed by atoms with van der Waals surface area (Å²) in [6.45, 7) is 2.66. The number of carbonyl (C=O) groups is 1. The fourth-order valence-electron chi connectivity index (χ4n) is 3.37. The Balaban J connectivity index is 1.96. The SMILES string of the molecule is Cc1ccc2c(N3CC[CH]C3C(N)=O)nc(-c3ccccc3O)nc2c1. The predicted octanol–water partition coefficient (Wildman–Crippen LogP) is 2.58. The van der Waals surface area contributed by atoms with Gasteiger partial charge in [-0.15, -0.1) is 0 Å². The molecule has 26 heavy (non-hydrogen) atoms. The molecule has 1 unspecified atom stereocenters. The zero-order valence-electron chi connectivity index (χ0n) is 14.4. The first-order valence-electron chi connectivity index (χ1n) is 8.50. The van der Waals surface area contributed by atoms with Crippen molar-refractivity contribution in [3.8, 4) is 17.1 Å². The topological polar surface area (TPSA) is 92.3 Å². The van der Waals surface area contributed by atoms with Crippen LogP contribution in [0.3, 0.4) is 0 Å². The quantitative estimate of drug-likeness (QED) is 0.760. The first-order valence-corrected chi connectivity index (χ1v) is 8.50. The van der Waals surface area contributed by atoms with E-state index >= 15 is 0 Å². The molecule has 0 saturated carbocycles. The monoisotopic (exact) mass is 347 g/mol. The number of hydrogen-bond acceptors (Lipinski definition) is 5. The fraction of sp³-hybridized carbons (Fsp3) is 0.200. The first-order chi connectivity index (χ1) is 12.5. The van der Waals surface area contributed by atoms with Crippen molar-refractivity contribution in [3.05, 3.63) is 54.4 Å². The number of hydrogen-bond donors (Lipinski definition) is 2. The van der Waals surface area contributed by atoms with Gasteiger partial charge >= 0.3 is 0 Å². The number of nitrogens with two attached hydrogens (primary N) is 1. The standard InChI is InChI=1S/C20H19N4O2/c1-12-8-9-13-15(11-12)22-19(14-5-2-3-7-17(14)25)23-20(13)24-10-4-6-16(24)18(21)26/h2-3,5-9,11,16,25H,4,10H2,1H3,(H2,21,26). The van der Waals surface area contributed by atoms with Crippen LogP contribution >= 0.6 is 0 Å². The Hall–Kier alpha value is -3.15. The summed E-state index contributed by atoms with van der Waals surface area (Å²) in [6.07, 6.45) is 2.67. The molecule has 1 fully saturated rings. The summed E-state index contributed by atoms with van der Waals surface area (Å²) in [6, 6.07) is 12.4. The van der Waals surface area contributed by atoms with Gasteiger partial charge in [0.1, 0.15) is 17.6 Å². The molecule has 1 atom stereocenters. The first kappa shape index (κ1) is 16.3. The number of nitrogens with zero attached hydrogens (tertiary/aromatic N) is 3. The lowest BCUT2D eigenvalue weighted by Gasteiger charge is -2.25. The van der Waals surface area contributed by atoms with E-state index < -0.39 is 11.9 Å². The number of aryl methyl sites for hydroxylation is 1. The van der Waals surface area contributed by atoms with E-state index in [-0.39, 0.29) is 5.75 Å². The lowest BCUT2D eigenvalue weighted by Crippen LogP contribution is -2.41. The molecule has 1 aliphatic rings. The van der Waals surface area contributed by atoms with E-state index in [2.05, 4.69) is 4.98 Å². The summed E-state index contributed by atoms with van der Waals surface area (Å²) in [5.41, 5.74) is 7.96. The maximum absolute atomic E-state index is 11.9. The normalized spacial score (nSPS) is 17.0. The fourth-order valence-corrected chi connectivity index (χ4v) is 3.37. The second-order valence-electron chi connectivity index (χ2n) is 6.47. The van der Waals surface area contributed by atoms with Crippen molar-refractivity contribution in [3.63, 3.8) is 0 Å². The number of amides is 1. The van der Waals surface area contributed by atoms with Crippen molar-refractivity contribution in [2.45, 2.75) is 19.4 Å². The van der Waals surface area contributed by atoms with Crippen LogP contribution < -0.4 is 10.6 Å². The van der Waals surface area contributed by atoms with Crippen LogP contribution in [0.2, 0.25) is 0 Å². The second-order valence-corrected chi connectivity index (χ2v) is 6.47. The third-order valence-corrected chi connectivity index (χ3v) is 4.64. The van der Waals surface area contributed by atoms with Crippen LogP contribution in [0.4, 0.5) is 5.82 Å². The van der Waals surface area contributed by atoms with Crippen molar-refractivity contribution in [1.82, 2.24) is 9.97 Å². The van der Waals surface area contributed by atoms with Crippen molar-refractivity contribution in [2.75, 3.05) is 11.4 Å². The van der Waals surface area contributed by atoms with Gasteiger partial charge < -0.3 is 15.7 Å². The minimum atomic E-state index is -0.494. The number of primary amides is 1. The molecular formula is C20H19N4O2. The van der Waals surface area contributed by atoms with Gasteiger partial charge in [-0.3, -0.25) is 4.79 Å². The summed E-state index contributed by atoms with van der Waals surface area (Å²) in [5, 5.41) is 11.1. The maximum Gasteiger partial charge on any atom is 0.240 e. The Bertz CT molecular complexity index is 1000. The minimum Gasteiger partial charge on any atom is -0.507 e. The Morgan fingerprint density at radius 2 is 2.04 bits per heavy atom. The minimum absolute atomic E-state index is 0.116. The zero-order chi connectivity index (χ0) is 18.3. The number of rotatable bonds is 3. The molecule has 6 nitrogen and oxygen atoms in total. The van der Waals surface area contributed by atoms with Gasteiger partial charge in [-0.2, -0.15) is 0 Å². The summed E-state index contributed by atoms with van der Waals surface area (Å²) >= 11 is 0. The average molecular weight is 347 g/mol. The smallest absolute Gasteiger partial charge is 0.240 e. The van der Waals surface area contributed by atoms with Crippen LogP contribution in [0.1, 0.15) is 12.0 Å². The average Bonchev–Trinajstić information content (AvgIpc) is 3.10. The highest BCUT2D eigenvalue weighted by atomic mass is 16.3. The van der Waals surface area contributed by atoms with Crippen LogP contribution in [-0.2, 0) is 4.79 Å². The molecule has 6 heteroatoms. The Morgan fingerprint density at radius 1 is 1.23 bits per heavy atom. The molecule has 1 saturated heterocycles. The van der Waals surface area contributed by atoms with E-state index in [0.29, 0.717) is 23.8 Å². The molecule has 1 radical (unpaired) electrons. The molecule has 131 valence electrons. The number of para-hydroxylation sites is 1. The molecule has 2 heterocycles. The molecule has 1 amide bonds. The molecular weight excluding hydrogens is 328 g/mol.